The van der Waals surface area contributed by atoms with Crippen molar-refractivity contribution in [3.05, 3.63) is 98.6 Å². The van der Waals surface area contributed by atoms with E-state index >= 15 is 0 Å². The second-order valence-corrected chi connectivity index (χ2v) is 7.95. The number of H-pyrrole nitrogens is 2. The second kappa shape index (κ2) is 9.48. The van der Waals surface area contributed by atoms with Crippen LogP contribution in [0.1, 0.15) is 17.1 Å². The molecule has 0 saturated carbocycles. The Kier molecular flexibility index (Phi) is 6.31. The van der Waals surface area contributed by atoms with Crippen LogP contribution in [0, 0.1) is 6.92 Å². The van der Waals surface area contributed by atoms with Gasteiger partial charge in [-0.25, -0.2) is 4.79 Å². The number of rotatable bonds is 7. The van der Waals surface area contributed by atoms with Gasteiger partial charge in [0.15, 0.2) is 5.16 Å². The summed E-state index contributed by atoms with van der Waals surface area (Å²) in [5, 5.41) is 11.9. The Labute approximate surface area is 186 Å². The summed E-state index contributed by atoms with van der Waals surface area (Å²) in [5.41, 5.74) is 1.89. The number of aryl methyl sites for hydroxylation is 1. The van der Waals surface area contributed by atoms with Crippen molar-refractivity contribution in [2.45, 2.75) is 18.5 Å². The molecule has 0 radical (unpaired) electrons. The van der Waals surface area contributed by atoms with E-state index in [9.17, 15) is 14.4 Å². The highest BCUT2D eigenvalue weighted by molar-refractivity contribution is 7.99. The smallest absolute Gasteiger partial charge is 0.325 e. The normalized spacial score (nSPS) is 10.8. The number of aromatic nitrogens is 5. The molecule has 0 atom stereocenters. The molecule has 3 N–H and O–H groups in total. The summed E-state index contributed by atoms with van der Waals surface area (Å²) in [4.78, 5) is 40.5. The van der Waals surface area contributed by atoms with E-state index in [0.717, 1.165) is 16.9 Å². The van der Waals surface area contributed by atoms with Crippen molar-refractivity contribution in [2.24, 2.45) is 0 Å². The zero-order chi connectivity index (χ0) is 22.5. The molecule has 10 heteroatoms. The first-order valence-corrected chi connectivity index (χ1v) is 10.8. The highest BCUT2D eigenvalue weighted by atomic mass is 32.2. The monoisotopic (exact) mass is 448 g/mol. The first-order chi connectivity index (χ1) is 15.5. The number of nitrogens with one attached hydrogen (secondary N) is 3. The lowest BCUT2D eigenvalue weighted by Gasteiger charge is -2.11. The molecule has 0 aliphatic heterocycles. The lowest BCUT2D eigenvalue weighted by molar-refractivity contribution is -0.113. The van der Waals surface area contributed by atoms with Crippen molar-refractivity contribution in [1.82, 2.24) is 24.7 Å². The van der Waals surface area contributed by atoms with Crippen LogP contribution in [0.5, 0.6) is 0 Å². The summed E-state index contributed by atoms with van der Waals surface area (Å²) >= 11 is 1.25. The third-order valence-corrected chi connectivity index (χ3v) is 5.56. The third kappa shape index (κ3) is 5.03. The molecule has 1 amide bonds. The number of thioether (sulfide) groups is 1. The summed E-state index contributed by atoms with van der Waals surface area (Å²) in [6.07, 6.45) is 0.191. The molecule has 0 aliphatic rings. The number of para-hydroxylation sites is 2. The molecule has 0 bridgehead atoms. The SMILES string of the molecule is Cc1ccccc1NC(=O)CSc1nnc(Cc2cc(=O)[nH]c(=O)[nH]2)n1-c1ccccc1. The number of amides is 1. The van der Waals surface area contributed by atoms with Gasteiger partial charge in [-0.2, -0.15) is 0 Å². The molecule has 0 fully saturated rings. The molecule has 2 heterocycles. The van der Waals surface area contributed by atoms with Crippen LogP contribution in [0.25, 0.3) is 5.69 Å². The van der Waals surface area contributed by atoms with Crippen molar-refractivity contribution >= 4 is 23.4 Å². The topological polar surface area (TPSA) is 126 Å². The molecule has 0 spiro atoms. The van der Waals surface area contributed by atoms with E-state index in [2.05, 4.69) is 25.5 Å². The molecule has 2 aromatic carbocycles. The van der Waals surface area contributed by atoms with E-state index in [1.165, 1.54) is 17.8 Å². The van der Waals surface area contributed by atoms with Gasteiger partial charge in [-0.15, -0.1) is 10.2 Å². The molecular formula is C22H20N6O3S. The maximum atomic E-state index is 12.5. The maximum absolute atomic E-state index is 12.5. The predicted octanol–water partition coefficient (Wildman–Crippen LogP) is 2.27. The average Bonchev–Trinajstić information content (AvgIpc) is 3.16. The van der Waals surface area contributed by atoms with E-state index in [1.54, 1.807) is 0 Å². The summed E-state index contributed by atoms with van der Waals surface area (Å²) in [5.74, 6) is 0.507. The third-order valence-electron chi connectivity index (χ3n) is 4.63. The van der Waals surface area contributed by atoms with Crippen LogP contribution in [-0.2, 0) is 11.2 Å². The van der Waals surface area contributed by atoms with Gasteiger partial charge in [0.05, 0.1) is 5.75 Å². The van der Waals surface area contributed by atoms with Gasteiger partial charge in [-0.1, -0.05) is 48.2 Å². The lowest BCUT2D eigenvalue weighted by atomic mass is 10.2. The number of anilines is 1. The number of carbonyl (C=O) groups is 1. The van der Waals surface area contributed by atoms with Gasteiger partial charge in [-0.3, -0.25) is 19.1 Å². The van der Waals surface area contributed by atoms with Gasteiger partial charge in [0.1, 0.15) is 5.82 Å². The van der Waals surface area contributed by atoms with Gasteiger partial charge in [0.25, 0.3) is 5.56 Å². The minimum absolute atomic E-state index is 0.140. The van der Waals surface area contributed by atoms with Crippen LogP contribution >= 0.6 is 11.8 Å². The Balaban J connectivity index is 1.58. The Bertz CT molecular complexity index is 1330. The minimum Gasteiger partial charge on any atom is -0.325 e. The van der Waals surface area contributed by atoms with Gasteiger partial charge in [-0.05, 0) is 30.7 Å². The maximum Gasteiger partial charge on any atom is 0.325 e. The molecular weight excluding hydrogens is 428 g/mol. The van der Waals surface area contributed by atoms with E-state index in [0.29, 0.717) is 16.7 Å². The van der Waals surface area contributed by atoms with E-state index in [1.807, 2.05) is 66.1 Å². The minimum atomic E-state index is -0.583. The van der Waals surface area contributed by atoms with E-state index < -0.39 is 11.2 Å². The first kappa shape index (κ1) is 21.3. The van der Waals surface area contributed by atoms with Crippen LogP contribution in [0.2, 0.25) is 0 Å². The number of carbonyl (C=O) groups excluding carboxylic acids is 1. The van der Waals surface area contributed by atoms with Crippen molar-refractivity contribution in [3.63, 3.8) is 0 Å². The quantitative estimate of drug-likeness (QED) is 0.373. The molecule has 4 aromatic rings. The summed E-state index contributed by atoms with van der Waals surface area (Å²) in [6.45, 7) is 1.93. The van der Waals surface area contributed by atoms with E-state index in [-0.39, 0.29) is 18.1 Å². The zero-order valence-corrected chi connectivity index (χ0v) is 18.0. The molecule has 162 valence electrons. The zero-order valence-electron chi connectivity index (χ0n) is 17.2. The highest BCUT2D eigenvalue weighted by Gasteiger charge is 2.17. The summed E-state index contributed by atoms with van der Waals surface area (Å²) in [6, 6.07) is 18.3. The predicted molar refractivity (Wildman–Crippen MR) is 122 cm³/mol. The Morgan fingerprint density at radius 3 is 2.53 bits per heavy atom. The lowest BCUT2D eigenvalue weighted by Crippen LogP contribution is -2.23. The fraction of sp³-hybridized carbons (Fsp3) is 0.136. The van der Waals surface area contributed by atoms with Crippen molar-refractivity contribution in [2.75, 3.05) is 11.1 Å². The molecule has 0 unspecified atom stereocenters. The molecule has 0 saturated heterocycles. The molecule has 2 aromatic heterocycles. The largest absolute Gasteiger partial charge is 0.325 e. The number of benzene rings is 2. The molecule has 0 aliphatic carbocycles. The van der Waals surface area contributed by atoms with Crippen LogP contribution in [-0.4, -0.2) is 36.4 Å². The van der Waals surface area contributed by atoms with E-state index in [4.69, 9.17) is 0 Å². The fourth-order valence-electron chi connectivity index (χ4n) is 3.16. The first-order valence-electron chi connectivity index (χ1n) is 9.80. The van der Waals surface area contributed by atoms with Crippen molar-refractivity contribution in [1.29, 1.82) is 0 Å². The standard InChI is InChI=1S/C22H20N6O3S/c1-14-7-5-6-10-17(14)24-20(30)13-32-22-27-26-18(28(22)16-8-3-2-4-9-16)11-15-12-19(29)25-21(31)23-15/h2-10,12H,11,13H2,1H3,(H,24,30)(H2,23,25,29,31). The Morgan fingerprint density at radius 1 is 1.03 bits per heavy atom. The van der Waals surface area contributed by atoms with Gasteiger partial charge in [0.2, 0.25) is 5.91 Å². The Morgan fingerprint density at radius 2 is 1.78 bits per heavy atom. The average molecular weight is 449 g/mol. The second-order valence-electron chi connectivity index (χ2n) is 7.01. The van der Waals surface area contributed by atoms with Gasteiger partial charge in [0, 0.05) is 29.6 Å². The number of aromatic amines is 2. The highest BCUT2D eigenvalue weighted by Crippen LogP contribution is 2.23. The summed E-state index contributed by atoms with van der Waals surface area (Å²) in [7, 11) is 0. The number of hydrogen-bond donors (Lipinski definition) is 3. The molecule has 4 rings (SSSR count). The summed E-state index contributed by atoms with van der Waals surface area (Å²) < 4.78 is 1.81. The van der Waals surface area contributed by atoms with Crippen LogP contribution in [0.4, 0.5) is 5.69 Å². The molecule has 32 heavy (non-hydrogen) atoms. The van der Waals surface area contributed by atoms with Gasteiger partial charge < -0.3 is 10.3 Å². The van der Waals surface area contributed by atoms with Crippen LogP contribution in [0.3, 0.4) is 0 Å². The Hall–Kier alpha value is -3.92. The van der Waals surface area contributed by atoms with Crippen molar-refractivity contribution < 1.29 is 4.79 Å². The fourth-order valence-corrected chi connectivity index (χ4v) is 3.93. The number of nitrogens with zero attached hydrogens (tertiary/aromatic N) is 3. The number of hydrogen-bond acceptors (Lipinski definition) is 6. The van der Waals surface area contributed by atoms with Crippen LogP contribution < -0.4 is 16.6 Å². The molecule has 9 nitrogen and oxygen atoms in total. The van der Waals surface area contributed by atoms with Crippen LogP contribution in [0.15, 0.2) is 75.4 Å². The van der Waals surface area contributed by atoms with Gasteiger partial charge >= 0.3 is 5.69 Å². The van der Waals surface area contributed by atoms with Crippen molar-refractivity contribution in [3.8, 4) is 5.69 Å².